The second-order valence-corrected chi connectivity index (χ2v) is 10.1. The maximum absolute atomic E-state index is 13.3. The zero-order valence-electron chi connectivity index (χ0n) is 19.3. The lowest BCUT2D eigenvalue weighted by molar-refractivity contribution is 0.104. The Kier molecular flexibility index (Phi) is 5.58. The molecule has 2 aromatic carbocycles. The summed E-state index contributed by atoms with van der Waals surface area (Å²) in [7, 11) is 0. The Morgan fingerprint density at radius 3 is 2.10 bits per heavy atom. The first kappa shape index (κ1) is 22.4. The van der Waals surface area contributed by atoms with Crippen molar-refractivity contribution in [1.82, 2.24) is 4.98 Å². The minimum atomic E-state index is -0.305. The molecule has 2 N–H and O–H groups in total. The maximum Gasteiger partial charge on any atom is 0.205 e. The van der Waals surface area contributed by atoms with E-state index in [0.717, 1.165) is 33.3 Å². The quantitative estimate of drug-likeness (QED) is 0.289. The van der Waals surface area contributed by atoms with Crippen LogP contribution in [0.1, 0.15) is 74.3 Å². The Balaban J connectivity index is 2.20. The second kappa shape index (κ2) is 7.74. The van der Waals surface area contributed by atoms with Crippen LogP contribution in [0, 0.1) is 18.3 Å². The standard InChI is InChI=1S/C27H30N2O2/c1-16-23(19-10-8-9-11-22(19)29-16)24(30)18(15-28)12-17-13-20(26(2,3)4)25(31)21(14-17)27(5,6)7/h8-14,29,31H,1-7H3/b18-12+. The number of aryl methyl sites for hydroxylation is 1. The van der Waals surface area contributed by atoms with Crippen molar-refractivity contribution in [1.29, 1.82) is 5.26 Å². The number of carbonyl (C=O) groups excluding carboxylic acids is 1. The molecule has 0 atom stereocenters. The molecule has 160 valence electrons. The summed E-state index contributed by atoms with van der Waals surface area (Å²) in [5.74, 6) is -0.0328. The molecule has 4 nitrogen and oxygen atoms in total. The Morgan fingerprint density at radius 2 is 1.58 bits per heavy atom. The van der Waals surface area contributed by atoms with Crippen LogP contribution < -0.4 is 0 Å². The lowest BCUT2D eigenvalue weighted by Crippen LogP contribution is -2.17. The van der Waals surface area contributed by atoms with Crippen molar-refractivity contribution >= 4 is 22.8 Å². The van der Waals surface area contributed by atoms with E-state index in [2.05, 4.69) is 11.1 Å². The van der Waals surface area contributed by atoms with Crippen molar-refractivity contribution in [2.45, 2.75) is 59.3 Å². The minimum absolute atomic E-state index is 0.0678. The van der Waals surface area contributed by atoms with Crippen LogP contribution in [0.4, 0.5) is 0 Å². The first-order chi connectivity index (χ1) is 14.3. The molecule has 0 aliphatic heterocycles. The number of ketones is 1. The number of Topliss-reactive ketones (excluding diaryl/α,β-unsaturated/α-hetero) is 1. The number of nitrogens with one attached hydrogen (secondary N) is 1. The first-order valence-electron chi connectivity index (χ1n) is 10.5. The Morgan fingerprint density at radius 1 is 1.03 bits per heavy atom. The topological polar surface area (TPSA) is 76.9 Å². The van der Waals surface area contributed by atoms with E-state index < -0.39 is 0 Å². The smallest absolute Gasteiger partial charge is 0.205 e. The number of aromatic hydroxyl groups is 1. The highest BCUT2D eigenvalue weighted by Crippen LogP contribution is 2.40. The van der Waals surface area contributed by atoms with Crippen LogP contribution in [0.25, 0.3) is 17.0 Å². The van der Waals surface area contributed by atoms with Crippen LogP contribution in [0.15, 0.2) is 42.0 Å². The van der Waals surface area contributed by atoms with E-state index in [1.807, 2.05) is 84.9 Å². The number of aromatic nitrogens is 1. The SMILES string of the molecule is Cc1[nH]c2ccccc2c1C(=O)/C(C#N)=C/c1cc(C(C)(C)C)c(O)c(C(C)(C)C)c1. The zero-order valence-corrected chi connectivity index (χ0v) is 19.3. The Hall–Kier alpha value is -3.32. The summed E-state index contributed by atoms with van der Waals surface area (Å²) in [6.45, 7) is 14.1. The molecule has 0 aliphatic rings. The fraction of sp³-hybridized carbons (Fsp3) is 0.333. The molecule has 0 radical (unpaired) electrons. The van der Waals surface area contributed by atoms with Gasteiger partial charge in [-0.25, -0.2) is 0 Å². The van der Waals surface area contributed by atoms with E-state index in [1.54, 1.807) is 6.08 Å². The van der Waals surface area contributed by atoms with Crippen LogP contribution in [-0.4, -0.2) is 15.9 Å². The van der Waals surface area contributed by atoms with Gasteiger partial charge in [-0.15, -0.1) is 0 Å². The fourth-order valence-corrected chi connectivity index (χ4v) is 3.90. The van der Waals surface area contributed by atoms with Crippen molar-refractivity contribution in [3.8, 4) is 11.8 Å². The summed E-state index contributed by atoms with van der Waals surface area (Å²) in [5.41, 5.74) is 3.93. The van der Waals surface area contributed by atoms with Crippen molar-refractivity contribution in [3.05, 3.63) is 69.9 Å². The van der Waals surface area contributed by atoms with Gasteiger partial charge >= 0.3 is 0 Å². The highest BCUT2D eigenvalue weighted by atomic mass is 16.3. The van der Waals surface area contributed by atoms with Gasteiger partial charge < -0.3 is 10.1 Å². The van der Waals surface area contributed by atoms with Gasteiger partial charge in [-0.1, -0.05) is 59.7 Å². The number of allylic oxidation sites excluding steroid dienone is 1. The van der Waals surface area contributed by atoms with Gasteiger partial charge in [0, 0.05) is 27.7 Å². The molecule has 3 aromatic rings. The van der Waals surface area contributed by atoms with E-state index in [4.69, 9.17) is 0 Å². The molecule has 4 heteroatoms. The van der Waals surface area contributed by atoms with Gasteiger partial charge in [0.2, 0.25) is 5.78 Å². The highest BCUT2D eigenvalue weighted by molar-refractivity contribution is 6.20. The predicted octanol–water partition coefficient (Wildman–Crippen LogP) is 6.57. The average Bonchev–Trinajstić information content (AvgIpc) is 3.00. The van der Waals surface area contributed by atoms with Crippen molar-refractivity contribution in [3.63, 3.8) is 0 Å². The third-order valence-corrected chi connectivity index (χ3v) is 5.54. The summed E-state index contributed by atoms with van der Waals surface area (Å²) in [5, 5.41) is 21.6. The summed E-state index contributed by atoms with van der Waals surface area (Å²) in [4.78, 5) is 16.6. The highest BCUT2D eigenvalue weighted by Gasteiger charge is 2.27. The number of fused-ring (bicyclic) bond motifs is 1. The first-order valence-corrected chi connectivity index (χ1v) is 10.5. The van der Waals surface area contributed by atoms with E-state index in [1.165, 1.54) is 0 Å². The van der Waals surface area contributed by atoms with Crippen LogP contribution in [0.5, 0.6) is 5.75 Å². The van der Waals surface area contributed by atoms with Crippen molar-refractivity contribution in [2.24, 2.45) is 0 Å². The number of para-hydroxylation sites is 1. The number of carbonyl (C=O) groups is 1. The monoisotopic (exact) mass is 414 g/mol. The van der Waals surface area contributed by atoms with Gasteiger partial charge in [0.25, 0.3) is 0 Å². The molecule has 0 fully saturated rings. The van der Waals surface area contributed by atoms with E-state index in [0.29, 0.717) is 5.56 Å². The fourth-order valence-electron chi connectivity index (χ4n) is 3.90. The number of nitrogens with zero attached hydrogens (tertiary/aromatic N) is 1. The number of hydrogen-bond donors (Lipinski definition) is 2. The number of rotatable bonds is 3. The Bertz CT molecular complexity index is 1200. The van der Waals surface area contributed by atoms with Crippen LogP contribution in [0.3, 0.4) is 0 Å². The average molecular weight is 415 g/mol. The lowest BCUT2D eigenvalue weighted by atomic mass is 9.78. The number of benzene rings is 2. The molecule has 0 amide bonds. The molecule has 0 saturated heterocycles. The Labute approximate surface area is 184 Å². The third-order valence-electron chi connectivity index (χ3n) is 5.54. The van der Waals surface area contributed by atoms with Gasteiger partial charge in [0.05, 0.1) is 5.56 Å². The molecule has 1 aromatic heterocycles. The van der Waals surface area contributed by atoms with E-state index in [-0.39, 0.29) is 27.9 Å². The number of nitriles is 1. The van der Waals surface area contributed by atoms with Gasteiger partial charge in [-0.3, -0.25) is 4.79 Å². The summed E-state index contributed by atoms with van der Waals surface area (Å²) in [6.07, 6.45) is 1.63. The predicted molar refractivity (Wildman–Crippen MR) is 126 cm³/mol. The minimum Gasteiger partial charge on any atom is -0.507 e. The molecule has 0 spiro atoms. The number of H-pyrrole nitrogens is 1. The van der Waals surface area contributed by atoms with Crippen molar-refractivity contribution in [2.75, 3.05) is 0 Å². The van der Waals surface area contributed by atoms with Crippen LogP contribution in [0.2, 0.25) is 0 Å². The van der Waals surface area contributed by atoms with Gasteiger partial charge in [-0.2, -0.15) is 5.26 Å². The molecule has 0 unspecified atom stereocenters. The van der Waals surface area contributed by atoms with E-state index >= 15 is 0 Å². The summed E-state index contributed by atoms with van der Waals surface area (Å²) < 4.78 is 0. The summed E-state index contributed by atoms with van der Waals surface area (Å²) in [6, 6.07) is 13.4. The molecule has 1 heterocycles. The molecule has 0 saturated carbocycles. The van der Waals surface area contributed by atoms with Gasteiger partial charge in [0.15, 0.2) is 0 Å². The molecular weight excluding hydrogens is 384 g/mol. The second-order valence-electron chi connectivity index (χ2n) is 10.1. The largest absolute Gasteiger partial charge is 0.507 e. The van der Waals surface area contributed by atoms with E-state index in [9.17, 15) is 15.2 Å². The van der Waals surface area contributed by atoms with Gasteiger partial charge in [0.1, 0.15) is 17.4 Å². The van der Waals surface area contributed by atoms with Gasteiger partial charge in [-0.05, 0) is 47.6 Å². The van der Waals surface area contributed by atoms with Crippen LogP contribution >= 0.6 is 0 Å². The number of hydrogen-bond acceptors (Lipinski definition) is 3. The zero-order chi connectivity index (χ0) is 23.1. The number of phenols is 1. The third kappa shape index (κ3) is 4.27. The molecule has 31 heavy (non-hydrogen) atoms. The molecule has 0 bridgehead atoms. The number of aromatic amines is 1. The van der Waals surface area contributed by atoms with Crippen molar-refractivity contribution < 1.29 is 9.90 Å². The lowest BCUT2D eigenvalue weighted by Gasteiger charge is -2.28. The summed E-state index contributed by atoms with van der Waals surface area (Å²) >= 11 is 0. The van der Waals surface area contributed by atoms with Crippen LogP contribution in [-0.2, 0) is 10.8 Å². The maximum atomic E-state index is 13.3. The molecular formula is C27H30N2O2. The molecule has 3 rings (SSSR count). The normalized spacial score (nSPS) is 12.8. The number of phenolic OH excluding ortho intramolecular Hbond substituents is 1. The molecule has 0 aliphatic carbocycles.